The number of aromatic amines is 1. The summed E-state index contributed by atoms with van der Waals surface area (Å²) in [5.41, 5.74) is 3.03. The third kappa shape index (κ3) is 3.90. The monoisotopic (exact) mass is 338 g/mol. The lowest BCUT2D eigenvalue weighted by atomic mass is 9.88. The highest BCUT2D eigenvalue weighted by Gasteiger charge is 2.22. The van der Waals surface area contributed by atoms with E-state index >= 15 is 0 Å². The number of rotatable bonds is 6. The maximum atomic E-state index is 13.3. The number of amides is 1. The van der Waals surface area contributed by atoms with Gasteiger partial charge >= 0.3 is 0 Å². The number of fused-ring (bicyclic) bond motifs is 1. The van der Waals surface area contributed by atoms with E-state index < -0.39 is 0 Å². The molecule has 2 atom stereocenters. The summed E-state index contributed by atoms with van der Waals surface area (Å²) in [6.07, 6.45) is 3.17. The fraction of sp³-hybridized carbons (Fsp3) is 0.286. The van der Waals surface area contributed by atoms with E-state index in [1.165, 1.54) is 12.1 Å². The molecule has 3 aromatic rings. The lowest BCUT2D eigenvalue weighted by Gasteiger charge is -2.19. The minimum atomic E-state index is -0.273. The van der Waals surface area contributed by atoms with Gasteiger partial charge in [0.25, 0.3) is 0 Å². The van der Waals surface area contributed by atoms with Crippen LogP contribution in [0.15, 0.2) is 54.7 Å². The van der Waals surface area contributed by atoms with E-state index in [9.17, 15) is 9.18 Å². The number of carbonyl (C=O) groups is 1. The number of halogens is 1. The SMILES string of the molecule is CCC(C)NC(=O)CC(c1ccc(F)cc1)c1c[nH]c2ccccc12. The van der Waals surface area contributed by atoms with Crippen LogP contribution in [0.25, 0.3) is 10.9 Å². The summed E-state index contributed by atoms with van der Waals surface area (Å²) in [5, 5.41) is 4.12. The first-order valence-corrected chi connectivity index (χ1v) is 8.69. The highest BCUT2D eigenvalue weighted by molar-refractivity contribution is 5.86. The summed E-state index contributed by atoms with van der Waals surface area (Å²) in [4.78, 5) is 15.8. The molecule has 3 rings (SSSR count). The average molecular weight is 338 g/mol. The molecule has 4 heteroatoms. The smallest absolute Gasteiger partial charge is 0.221 e. The van der Waals surface area contributed by atoms with Gasteiger partial charge in [-0.05, 0) is 42.7 Å². The van der Waals surface area contributed by atoms with Gasteiger partial charge in [0.2, 0.25) is 5.91 Å². The molecule has 1 aromatic heterocycles. The number of benzene rings is 2. The van der Waals surface area contributed by atoms with Crippen LogP contribution >= 0.6 is 0 Å². The van der Waals surface area contributed by atoms with Crippen LogP contribution in [0.1, 0.15) is 43.7 Å². The van der Waals surface area contributed by atoms with Crippen molar-refractivity contribution in [3.63, 3.8) is 0 Å². The number of hydrogen-bond donors (Lipinski definition) is 2. The van der Waals surface area contributed by atoms with Crippen LogP contribution in [0.3, 0.4) is 0 Å². The van der Waals surface area contributed by atoms with Gasteiger partial charge in [0.1, 0.15) is 5.82 Å². The third-order valence-electron chi connectivity index (χ3n) is 4.68. The van der Waals surface area contributed by atoms with Crippen LogP contribution in [-0.2, 0) is 4.79 Å². The molecule has 0 radical (unpaired) electrons. The van der Waals surface area contributed by atoms with Gasteiger partial charge in [-0.1, -0.05) is 37.3 Å². The molecule has 3 nitrogen and oxygen atoms in total. The molecule has 0 bridgehead atoms. The van der Waals surface area contributed by atoms with Gasteiger partial charge in [0.05, 0.1) is 0 Å². The second-order valence-electron chi connectivity index (χ2n) is 6.47. The molecule has 0 saturated heterocycles. The standard InChI is InChI=1S/C21H23FN2O/c1-3-14(2)24-21(25)12-18(15-8-10-16(22)11-9-15)19-13-23-20-7-5-4-6-17(19)20/h4-11,13-14,18,23H,3,12H2,1-2H3,(H,24,25). The Bertz CT molecular complexity index is 854. The molecular weight excluding hydrogens is 315 g/mol. The van der Waals surface area contributed by atoms with Crippen molar-refractivity contribution in [3.8, 4) is 0 Å². The molecule has 1 heterocycles. The zero-order valence-electron chi connectivity index (χ0n) is 14.6. The Labute approximate surface area is 147 Å². The highest BCUT2D eigenvalue weighted by Crippen LogP contribution is 2.33. The molecule has 2 aromatic carbocycles. The quantitative estimate of drug-likeness (QED) is 0.670. The fourth-order valence-corrected chi connectivity index (χ4v) is 3.11. The number of aromatic nitrogens is 1. The van der Waals surface area contributed by atoms with Crippen LogP contribution in [0.5, 0.6) is 0 Å². The van der Waals surface area contributed by atoms with E-state index in [-0.39, 0.29) is 23.7 Å². The summed E-state index contributed by atoms with van der Waals surface area (Å²) in [5.74, 6) is -0.389. The van der Waals surface area contributed by atoms with Crippen LogP contribution < -0.4 is 5.32 Å². The number of carbonyl (C=O) groups excluding carboxylic acids is 1. The molecule has 25 heavy (non-hydrogen) atoms. The predicted octanol–water partition coefficient (Wildman–Crippen LogP) is 4.74. The van der Waals surface area contributed by atoms with Crippen molar-refractivity contribution in [2.75, 3.05) is 0 Å². The van der Waals surface area contributed by atoms with Gasteiger partial charge in [-0.3, -0.25) is 4.79 Å². The van der Waals surface area contributed by atoms with Crippen molar-refractivity contribution in [1.82, 2.24) is 10.3 Å². The molecule has 0 saturated carbocycles. The van der Waals surface area contributed by atoms with Crippen molar-refractivity contribution in [3.05, 3.63) is 71.7 Å². The maximum Gasteiger partial charge on any atom is 0.221 e. The normalized spacial score (nSPS) is 13.6. The van der Waals surface area contributed by atoms with E-state index in [0.717, 1.165) is 28.5 Å². The Kier molecular flexibility index (Phi) is 5.17. The molecular formula is C21H23FN2O. The zero-order valence-corrected chi connectivity index (χ0v) is 14.6. The summed E-state index contributed by atoms with van der Waals surface area (Å²) in [6.45, 7) is 4.04. The summed E-state index contributed by atoms with van der Waals surface area (Å²) >= 11 is 0. The van der Waals surface area contributed by atoms with Gasteiger partial charge in [-0.25, -0.2) is 4.39 Å². The second-order valence-corrected chi connectivity index (χ2v) is 6.47. The first-order chi connectivity index (χ1) is 12.1. The Morgan fingerprint density at radius 3 is 2.60 bits per heavy atom. The van der Waals surface area contributed by atoms with E-state index in [0.29, 0.717) is 6.42 Å². The van der Waals surface area contributed by atoms with Crippen LogP contribution in [0.2, 0.25) is 0 Å². The van der Waals surface area contributed by atoms with Crippen LogP contribution in [-0.4, -0.2) is 16.9 Å². The largest absolute Gasteiger partial charge is 0.361 e. The molecule has 2 unspecified atom stereocenters. The first kappa shape index (κ1) is 17.2. The minimum Gasteiger partial charge on any atom is -0.361 e. The van der Waals surface area contributed by atoms with Gasteiger partial charge in [0, 0.05) is 35.5 Å². The molecule has 0 spiro atoms. The average Bonchev–Trinajstić information content (AvgIpc) is 3.04. The number of H-pyrrole nitrogens is 1. The van der Waals surface area contributed by atoms with E-state index in [1.807, 2.05) is 44.3 Å². The molecule has 0 fully saturated rings. The predicted molar refractivity (Wildman–Crippen MR) is 99.1 cm³/mol. The van der Waals surface area contributed by atoms with Gasteiger partial charge in [0.15, 0.2) is 0 Å². The van der Waals surface area contributed by atoms with Crippen molar-refractivity contribution in [2.24, 2.45) is 0 Å². The number of para-hydroxylation sites is 1. The molecule has 130 valence electrons. The molecule has 1 amide bonds. The molecule has 0 aliphatic carbocycles. The molecule has 2 N–H and O–H groups in total. The topological polar surface area (TPSA) is 44.9 Å². The molecule has 0 aliphatic rings. The van der Waals surface area contributed by atoms with Crippen molar-refractivity contribution >= 4 is 16.8 Å². The van der Waals surface area contributed by atoms with E-state index in [1.54, 1.807) is 12.1 Å². The van der Waals surface area contributed by atoms with Gasteiger partial charge < -0.3 is 10.3 Å². The van der Waals surface area contributed by atoms with Crippen molar-refractivity contribution in [1.29, 1.82) is 0 Å². The zero-order chi connectivity index (χ0) is 17.8. The maximum absolute atomic E-state index is 13.3. The lowest BCUT2D eigenvalue weighted by Crippen LogP contribution is -2.33. The number of nitrogens with one attached hydrogen (secondary N) is 2. The minimum absolute atomic E-state index is 0.00829. The highest BCUT2D eigenvalue weighted by atomic mass is 19.1. The first-order valence-electron chi connectivity index (χ1n) is 8.69. The molecule has 0 aliphatic heterocycles. The second kappa shape index (κ2) is 7.51. The Hall–Kier alpha value is -2.62. The van der Waals surface area contributed by atoms with E-state index in [2.05, 4.69) is 10.3 Å². The van der Waals surface area contributed by atoms with Gasteiger partial charge in [-0.2, -0.15) is 0 Å². The summed E-state index contributed by atoms with van der Waals surface area (Å²) in [7, 11) is 0. The fourth-order valence-electron chi connectivity index (χ4n) is 3.11. The Morgan fingerprint density at radius 1 is 1.16 bits per heavy atom. The third-order valence-corrected chi connectivity index (χ3v) is 4.68. The summed E-state index contributed by atoms with van der Waals surface area (Å²) in [6, 6.07) is 14.6. The van der Waals surface area contributed by atoms with Crippen molar-refractivity contribution in [2.45, 2.75) is 38.6 Å². The van der Waals surface area contributed by atoms with Crippen LogP contribution in [0.4, 0.5) is 4.39 Å². The van der Waals surface area contributed by atoms with Gasteiger partial charge in [-0.15, -0.1) is 0 Å². The van der Waals surface area contributed by atoms with Crippen LogP contribution in [0, 0.1) is 5.82 Å². The number of hydrogen-bond acceptors (Lipinski definition) is 1. The summed E-state index contributed by atoms with van der Waals surface area (Å²) < 4.78 is 13.3. The Morgan fingerprint density at radius 2 is 1.88 bits per heavy atom. The van der Waals surface area contributed by atoms with Crippen molar-refractivity contribution < 1.29 is 9.18 Å². The Balaban J connectivity index is 1.97. The van der Waals surface area contributed by atoms with E-state index in [4.69, 9.17) is 0 Å². The lowest BCUT2D eigenvalue weighted by molar-refractivity contribution is -0.121.